The number of nitrogens with one attached hydrogen (secondary N) is 1. The Kier molecular flexibility index (Phi) is 11.9. The maximum Gasteiger partial charge on any atom is 0.306 e. The van der Waals surface area contributed by atoms with Crippen molar-refractivity contribution in [3.05, 3.63) is 0 Å². The molecule has 0 aromatic rings. The van der Waals surface area contributed by atoms with Crippen LogP contribution in [0.1, 0.15) is 129 Å². The Morgan fingerprint density at radius 3 is 2.00 bits per heavy atom. The molecule has 1 N–H and O–H groups in total. The molecule has 6 nitrogen and oxygen atoms in total. The summed E-state index contributed by atoms with van der Waals surface area (Å²) in [4.78, 5) is 29.4. The third kappa shape index (κ3) is 9.67. The van der Waals surface area contributed by atoms with E-state index in [1.807, 2.05) is 6.92 Å². The van der Waals surface area contributed by atoms with Crippen molar-refractivity contribution < 1.29 is 19.1 Å². The van der Waals surface area contributed by atoms with Crippen LogP contribution < -0.4 is 5.32 Å². The molecule has 6 heteroatoms. The lowest BCUT2D eigenvalue weighted by molar-refractivity contribution is -0.152. The van der Waals surface area contributed by atoms with Gasteiger partial charge in [-0.25, -0.2) is 0 Å². The van der Waals surface area contributed by atoms with Gasteiger partial charge in [-0.2, -0.15) is 0 Å². The van der Waals surface area contributed by atoms with E-state index in [9.17, 15) is 9.59 Å². The largest absolute Gasteiger partial charge is 0.461 e. The molecule has 0 amide bonds. The Labute approximate surface area is 207 Å². The Balaban J connectivity index is 1.45. The smallest absolute Gasteiger partial charge is 0.306 e. The SMILES string of the molecule is CC1=N[C@@H]2CCCCCCCC(=O)O[C@H]3CC[C@@H](CCCCCCCC(=O)O[C@H]1CC2)N[C@H]3C. The van der Waals surface area contributed by atoms with Gasteiger partial charge in [0.25, 0.3) is 0 Å². The molecule has 6 rings (SSSR count). The predicted octanol–water partition coefficient (Wildman–Crippen LogP) is 6.05. The molecule has 5 atom stereocenters. The van der Waals surface area contributed by atoms with Crippen molar-refractivity contribution in [2.24, 2.45) is 4.99 Å². The first-order chi connectivity index (χ1) is 16.5. The first-order valence-electron chi connectivity index (χ1n) is 14.2. The topological polar surface area (TPSA) is 77.0 Å². The maximum atomic E-state index is 12.3. The van der Waals surface area contributed by atoms with Crippen LogP contribution in [0, 0.1) is 0 Å². The summed E-state index contributed by atoms with van der Waals surface area (Å²) in [6.45, 7) is 4.16. The van der Waals surface area contributed by atoms with Crippen LogP contribution >= 0.6 is 0 Å². The van der Waals surface area contributed by atoms with E-state index in [4.69, 9.17) is 14.5 Å². The van der Waals surface area contributed by atoms with Crippen molar-refractivity contribution in [1.82, 2.24) is 5.32 Å². The molecule has 0 unspecified atom stereocenters. The molecule has 0 saturated carbocycles. The van der Waals surface area contributed by atoms with Crippen molar-refractivity contribution in [2.45, 2.75) is 160 Å². The van der Waals surface area contributed by atoms with Gasteiger partial charge in [0.15, 0.2) is 0 Å². The number of ether oxygens (including phenoxy) is 2. The molecule has 3 saturated heterocycles. The normalized spacial score (nSPS) is 34.2. The highest BCUT2D eigenvalue weighted by atomic mass is 16.5. The van der Waals surface area contributed by atoms with Crippen molar-refractivity contribution in [2.75, 3.05) is 0 Å². The molecular weight excluding hydrogens is 428 g/mol. The van der Waals surface area contributed by atoms with E-state index in [0.717, 1.165) is 69.9 Å². The summed E-state index contributed by atoms with van der Waals surface area (Å²) in [5, 5.41) is 3.67. The van der Waals surface area contributed by atoms with Crippen molar-refractivity contribution in [3.63, 3.8) is 0 Å². The average Bonchev–Trinajstić information content (AvgIpc) is 2.80. The molecule has 3 fully saturated rings. The van der Waals surface area contributed by atoms with Gasteiger partial charge in [0.1, 0.15) is 12.2 Å². The third-order valence-corrected chi connectivity index (χ3v) is 7.88. The number of carbonyl (C=O) groups is 2. The van der Waals surface area contributed by atoms with E-state index in [-0.39, 0.29) is 30.2 Å². The zero-order valence-electron chi connectivity index (χ0n) is 21.7. The quantitative estimate of drug-likeness (QED) is 0.431. The van der Waals surface area contributed by atoms with Crippen LogP contribution in [0.2, 0.25) is 0 Å². The lowest BCUT2D eigenvalue weighted by Gasteiger charge is -2.35. The van der Waals surface area contributed by atoms with Crippen molar-refractivity contribution in [1.29, 1.82) is 0 Å². The number of aliphatic imine (C=N–C) groups is 1. The number of rotatable bonds is 0. The predicted molar refractivity (Wildman–Crippen MR) is 136 cm³/mol. The summed E-state index contributed by atoms with van der Waals surface area (Å²) in [5.41, 5.74) is 0.988. The molecule has 0 aromatic carbocycles. The van der Waals surface area contributed by atoms with E-state index in [0.29, 0.717) is 24.9 Å². The number of carbonyl (C=O) groups excluding carboxylic acids is 2. The van der Waals surface area contributed by atoms with Crippen LogP contribution in [-0.2, 0) is 19.1 Å². The molecule has 0 radical (unpaired) electrons. The van der Waals surface area contributed by atoms with Gasteiger partial charge >= 0.3 is 11.9 Å². The lowest BCUT2D eigenvalue weighted by Crippen LogP contribution is -2.50. The van der Waals surface area contributed by atoms with Gasteiger partial charge in [0.2, 0.25) is 0 Å². The summed E-state index contributed by atoms with van der Waals surface area (Å²) in [5.74, 6) is -0.0871. The highest BCUT2D eigenvalue weighted by molar-refractivity contribution is 5.89. The van der Waals surface area contributed by atoms with Crippen LogP contribution in [-0.4, -0.2) is 48.0 Å². The summed E-state index contributed by atoms with van der Waals surface area (Å²) in [6.07, 6.45) is 18.3. The Hall–Kier alpha value is -1.43. The second-order valence-electron chi connectivity index (χ2n) is 10.9. The van der Waals surface area contributed by atoms with Crippen LogP contribution in [0.15, 0.2) is 4.99 Å². The van der Waals surface area contributed by atoms with Crippen LogP contribution in [0.25, 0.3) is 0 Å². The summed E-state index contributed by atoms with van der Waals surface area (Å²) >= 11 is 0. The first-order valence-corrected chi connectivity index (χ1v) is 14.2. The molecule has 0 aromatic heterocycles. The average molecular weight is 477 g/mol. The van der Waals surface area contributed by atoms with Crippen molar-refractivity contribution >= 4 is 17.7 Å². The van der Waals surface area contributed by atoms with E-state index in [1.165, 1.54) is 38.5 Å². The summed E-state index contributed by atoms with van der Waals surface area (Å²) < 4.78 is 11.6. The first kappa shape index (κ1) is 27.2. The van der Waals surface area contributed by atoms with E-state index in [1.54, 1.807) is 0 Å². The second-order valence-corrected chi connectivity index (χ2v) is 10.9. The third-order valence-electron chi connectivity index (χ3n) is 7.88. The molecule has 4 bridgehead atoms. The molecule has 0 aliphatic carbocycles. The van der Waals surface area contributed by atoms with Gasteiger partial charge in [-0.1, -0.05) is 51.4 Å². The fourth-order valence-corrected chi connectivity index (χ4v) is 5.72. The maximum absolute atomic E-state index is 12.3. The minimum atomic E-state index is -0.118. The molecule has 6 aliphatic heterocycles. The summed E-state index contributed by atoms with van der Waals surface area (Å²) in [7, 11) is 0. The molecule has 6 aliphatic rings. The fourth-order valence-electron chi connectivity index (χ4n) is 5.72. The number of piperidine rings is 1. The van der Waals surface area contributed by atoms with E-state index in [2.05, 4.69) is 12.2 Å². The fraction of sp³-hybridized carbons (Fsp3) is 0.893. The minimum absolute atomic E-state index is 0.0150. The zero-order chi connectivity index (χ0) is 24.2. The number of hydrogen-bond donors (Lipinski definition) is 1. The van der Waals surface area contributed by atoms with Crippen LogP contribution in [0.4, 0.5) is 0 Å². The van der Waals surface area contributed by atoms with Gasteiger partial charge in [-0.05, 0) is 65.2 Å². The highest BCUT2D eigenvalue weighted by Crippen LogP contribution is 2.24. The second kappa shape index (κ2) is 14.9. The number of hydrogen-bond acceptors (Lipinski definition) is 6. The standard InChI is InChI=1S/C28H48N2O4/c1-21-25-19-17-23(29-21)13-9-5-3-8-12-16-28(32)34-26-20-18-24(30-22(26)2)14-10-6-4-7-11-15-27(31)33-25/h21,23-26,29H,3-20H2,1-2H3/t21-,23+,24+,25-,26-/m0/s1. The number of esters is 2. The minimum Gasteiger partial charge on any atom is -0.461 e. The molecule has 0 spiro atoms. The van der Waals surface area contributed by atoms with E-state index < -0.39 is 0 Å². The Morgan fingerprint density at radius 2 is 1.32 bits per heavy atom. The van der Waals surface area contributed by atoms with Gasteiger partial charge in [-0.3, -0.25) is 14.6 Å². The van der Waals surface area contributed by atoms with Crippen LogP contribution in [0.5, 0.6) is 0 Å². The molecule has 194 valence electrons. The zero-order valence-corrected chi connectivity index (χ0v) is 21.7. The molecule has 6 heterocycles. The monoisotopic (exact) mass is 476 g/mol. The number of nitrogens with zero attached hydrogens (tertiary/aromatic N) is 1. The van der Waals surface area contributed by atoms with Gasteiger partial charge < -0.3 is 14.8 Å². The van der Waals surface area contributed by atoms with Gasteiger partial charge in [0, 0.05) is 24.9 Å². The van der Waals surface area contributed by atoms with Crippen LogP contribution in [0.3, 0.4) is 0 Å². The molecular formula is C28H48N2O4. The van der Waals surface area contributed by atoms with E-state index >= 15 is 0 Å². The van der Waals surface area contributed by atoms with Crippen molar-refractivity contribution in [3.8, 4) is 0 Å². The van der Waals surface area contributed by atoms with Gasteiger partial charge in [-0.15, -0.1) is 0 Å². The Bertz CT molecular complexity index is 665. The molecule has 34 heavy (non-hydrogen) atoms. The highest BCUT2D eigenvalue weighted by Gasteiger charge is 2.29. The lowest BCUT2D eigenvalue weighted by atomic mass is 9.93. The summed E-state index contributed by atoms with van der Waals surface area (Å²) in [6, 6.07) is 1.13. The van der Waals surface area contributed by atoms with Gasteiger partial charge in [0.05, 0.1) is 11.8 Å². The Morgan fingerprint density at radius 1 is 0.706 bits per heavy atom.